The van der Waals surface area contributed by atoms with E-state index in [4.69, 9.17) is 16.4 Å². The lowest BCUT2D eigenvalue weighted by molar-refractivity contribution is 0.0853. The molecule has 0 unspecified atom stereocenters. The third kappa shape index (κ3) is 2.21. The Morgan fingerprint density at radius 3 is 3.13 bits per heavy atom. The summed E-state index contributed by atoms with van der Waals surface area (Å²) in [7, 11) is 0. The zero-order valence-corrected chi connectivity index (χ0v) is 9.24. The molecular formula is C10H12ClN3O. The van der Waals surface area contributed by atoms with E-state index in [1.165, 1.54) is 4.85 Å². The summed E-state index contributed by atoms with van der Waals surface area (Å²) in [6.45, 7) is 2.76. The smallest absolute Gasteiger partial charge is 0.130 e. The first-order valence-corrected chi connectivity index (χ1v) is 5.33. The molecular weight excluding hydrogens is 214 g/mol. The summed E-state index contributed by atoms with van der Waals surface area (Å²) < 4.78 is 0. The summed E-state index contributed by atoms with van der Waals surface area (Å²) in [6.07, 6.45) is 2.10. The third-order valence-electron chi connectivity index (χ3n) is 2.09. The van der Waals surface area contributed by atoms with Crippen molar-refractivity contribution in [3.63, 3.8) is 0 Å². The van der Waals surface area contributed by atoms with Crippen molar-refractivity contribution in [1.29, 1.82) is 0 Å². The highest BCUT2D eigenvalue weighted by molar-refractivity contribution is 6.31. The van der Waals surface area contributed by atoms with Gasteiger partial charge in [0.2, 0.25) is 0 Å². The Morgan fingerprint density at radius 1 is 1.47 bits per heavy atom. The van der Waals surface area contributed by atoms with Crippen molar-refractivity contribution in [1.82, 2.24) is 15.2 Å². The molecule has 0 bridgehead atoms. The molecule has 0 amide bonds. The topological polar surface area (TPSA) is 39.9 Å². The summed E-state index contributed by atoms with van der Waals surface area (Å²) in [6, 6.07) is 5.42. The molecule has 5 heteroatoms. The van der Waals surface area contributed by atoms with Crippen molar-refractivity contribution < 1.29 is 4.84 Å². The molecule has 1 aromatic carbocycles. The Bertz CT molecular complexity index is 455. The van der Waals surface area contributed by atoms with Crippen LogP contribution in [0.2, 0.25) is 5.02 Å². The second-order valence-electron chi connectivity index (χ2n) is 3.28. The molecule has 1 heterocycles. The molecule has 0 aliphatic heterocycles. The Labute approximate surface area is 92.7 Å². The molecule has 2 aromatic rings. The minimum absolute atomic E-state index is 0.650. The van der Waals surface area contributed by atoms with Crippen LogP contribution in [0, 0.1) is 0 Å². The van der Waals surface area contributed by atoms with Crippen LogP contribution < -0.4 is 4.84 Å². The van der Waals surface area contributed by atoms with Gasteiger partial charge in [-0.3, -0.25) is 0 Å². The van der Waals surface area contributed by atoms with Crippen molar-refractivity contribution in [3.8, 4) is 0 Å². The van der Waals surface area contributed by atoms with Gasteiger partial charge >= 0.3 is 0 Å². The summed E-state index contributed by atoms with van der Waals surface area (Å²) in [5.74, 6) is 0. The second kappa shape index (κ2) is 4.49. The molecule has 0 N–H and O–H groups in total. The zero-order chi connectivity index (χ0) is 10.7. The van der Waals surface area contributed by atoms with Crippen LogP contribution in [0.3, 0.4) is 0 Å². The zero-order valence-electron chi connectivity index (χ0n) is 8.48. The maximum Gasteiger partial charge on any atom is 0.130 e. The minimum atomic E-state index is 0.650. The molecule has 0 radical (unpaired) electrons. The Hall–Kier alpha value is -1.29. The van der Waals surface area contributed by atoms with Gasteiger partial charge in [0.05, 0.1) is 0 Å². The quantitative estimate of drug-likeness (QED) is 0.750. The van der Waals surface area contributed by atoms with Crippen LogP contribution >= 0.6 is 11.6 Å². The molecule has 15 heavy (non-hydrogen) atoms. The fourth-order valence-electron chi connectivity index (χ4n) is 1.27. The predicted octanol–water partition coefficient (Wildman–Crippen LogP) is 2.31. The van der Waals surface area contributed by atoms with Crippen LogP contribution in [0.15, 0.2) is 18.2 Å². The van der Waals surface area contributed by atoms with Gasteiger partial charge in [-0.25, -0.2) is 0 Å². The normalized spacial score (nSPS) is 10.8. The maximum atomic E-state index is 5.84. The lowest BCUT2D eigenvalue weighted by Crippen LogP contribution is -2.14. The van der Waals surface area contributed by atoms with Gasteiger partial charge < -0.3 is 4.84 Å². The van der Waals surface area contributed by atoms with E-state index in [-0.39, 0.29) is 0 Å². The molecule has 1 aromatic heterocycles. The lowest BCUT2D eigenvalue weighted by Gasteiger charge is -2.03. The van der Waals surface area contributed by atoms with E-state index in [0.717, 1.165) is 23.9 Å². The number of fused-ring (bicyclic) bond motifs is 1. The summed E-state index contributed by atoms with van der Waals surface area (Å²) in [5.41, 5.74) is 1.59. The Kier molecular flexibility index (Phi) is 3.06. The van der Waals surface area contributed by atoms with Gasteiger partial charge in [-0.15, -0.1) is 5.10 Å². The van der Waals surface area contributed by atoms with Crippen molar-refractivity contribution in [2.24, 2.45) is 0 Å². The molecule has 0 aliphatic carbocycles. The summed E-state index contributed by atoms with van der Waals surface area (Å²) in [4.78, 5) is 6.89. The van der Waals surface area contributed by atoms with E-state index < -0.39 is 0 Å². The highest BCUT2D eigenvalue weighted by Gasteiger charge is 2.04. The van der Waals surface area contributed by atoms with E-state index >= 15 is 0 Å². The third-order valence-corrected chi connectivity index (χ3v) is 2.32. The van der Waals surface area contributed by atoms with E-state index in [1.807, 2.05) is 6.07 Å². The number of hydrogen-bond donors (Lipinski definition) is 0. The van der Waals surface area contributed by atoms with Crippen molar-refractivity contribution >= 4 is 22.6 Å². The van der Waals surface area contributed by atoms with E-state index in [2.05, 4.69) is 17.2 Å². The van der Waals surface area contributed by atoms with Crippen molar-refractivity contribution in [3.05, 3.63) is 23.2 Å². The highest BCUT2D eigenvalue weighted by atomic mass is 35.5. The first kappa shape index (κ1) is 10.2. The number of halogens is 1. The lowest BCUT2D eigenvalue weighted by atomic mass is 10.3. The number of rotatable bonds is 4. The number of benzene rings is 1. The summed E-state index contributed by atoms with van der Waals surface area (Å²) in [5, 5.41) is 8.51. The first-order valence-electron chi connectivity index (χ1n) is 4.95. The SMILES string of the molecule is CCCCOn1nnc2cc(Cl)ccc21. The highest BCUT2D eigenvalue weighted by Crippen LogP contribution is 2.16. The molecule has 80 valence electrons. The minimum Gasteiger partial charge on any atom is -0.395 e. The van der Waals surface area contributed by atoms with Gasteiger partial charge in [-0.1, -0.05) is 29.8 Å². The van der Waals surface area contributed by atoms with Gasteiger partial charge in [0.15, 0.2) is 0 Å². The van der Waals surface area contributed by atoms with Crippen LogP contribution in [0.5, 0.6) is 0 Å². The molecule has 4 nitrogen and oxygen atoms in total. The largest absolute Gasteiger partial charge is 0.395 e. The van der Waals surface area contributed by atoms with Gasteiger partial charge in [-0.2, -0.15) is 0 Å². The van der Waals surface area contributed by atoms with Crippen LogP contribution in [-0.4, -0.2) is 21.8 Å². The van der Waals surface area contributed by atoms with Gasteiger partial charge in [-0.05, 0) is 29.8 Å². The number of nitrogens with zero attached hydrogens (tertiary/aromatic N) is 3. The summed E-state index contributed by atoms with van der Waals surface area (Å²) >= 11 is 5.84. The molecule has 0 atom stereocenters. The maximum absolute atomic E-state index is 5.84. The second-order valence-corrected chi connectivity index (χ2v) is 3.72. The average molecular weight is 226 g/mol. The van der Waals surface area contributed by atoms with Crippen molar-refractivity contribution in [2.45, 2.75) is 19.8 Å². The number of aromatic nitrogens is 3. The molecule has 0 aliphatic rings. The molecule has 0 fully saturated rings. The van der Waals surface area contributed by atoms with Crippen LogP contribution in [0.1, 0.15) is 19.8 Å². The standard InChI is InChI=1S/C10H12ClN3O/c1-2-3-6-15-14-10-5-4-8(11)7-9(10)12-13-14/h4-5,7H,2-3,6H2,1H3. The van der Waals surface area contributed by atoms with Crippen LogP contribution in [0.25, 0.3) is 11.0 Å². The Balaban J connectivity index is 2.21. The number of unbranched alkanes of at least 4 members (excludes halogenated alkanes) is 1. The molecule has 0 saturated carbocycles. The molecule has 2 rings (SSSR count). The van der Waals surface area contributed by atoms with Crippen LogP contribution in [0.4, 0.5) is 0 Å². The van der Waals surface area contributed by atoms with E-state index in [0.29, 0.717) is 11.6 Å². The number of hydrogen-bond acceptors (Lipinski definition) is 3. The molecule has 0 spiro atoms. The van der Waals surface area contributed by atoms with Gasteiger partial charge in [0, 0.05) is 5.02 Å². The van der Waals surface area contributed by atoms with Gasteiger partial charge in [0.25, 0.3) is 0 Å². The predicted molar refractivity (Wildman–Crippen MR) is 58.9 cm³/mol. The fraction of sp³-hybridized carbons (Fsp3) is 0.400. The average Bonchev–Trinajstić information content (AvgIpc) is 2.61. The van der Waals surface area contributed by atoms with E-state index in [1.54, 1.807) is 12.1 Å². The van der Waals surface area contributed by atoms with E-state index in [9.17, 15) is 0 Å². The van der Waals surface area contributed by atoms with Gasteiger partial charge in [0.1, 0.15) is 17.6 Å². The van der Waals surface area contributed by atoms with Crippen LogP contribution in [-0.2, 0) is 0 Å². The van der Waals surface area contributed by atoms with Crippen molar-refractivity contribution in [2.75, 3.05) is 6.61 Å². The Morgan fingerprint density at radius 2 is 2.33 bits per heavy atom. The first-order chi connectivity index (χ1) is 7.31. The molecule has 0 saturated heterocycles. The monoisotopic (exact) mass is 225 g/mol. The fourth-order valence-corrected chi connectivity index (χ4v) is 1.43.